The van der Waals surface area contributed by atoms with Gasteiger partial charge in [0.25, 0.3) is 0 Å². The van der Waals surface area contributed by atoms with Crippen molar-refractivity contribution in [2.45, 2.75) is 53.6 Å². The third kappa shape index (κ3) is 5.26. The minimum Gasteiger partial charge on any atom is -0.309 e. The van der Waals surface area contributed by atoms with Gasteiger partial charge in [-0.25, -0.2) is 0 Å². The smallest absolute Gasteiger partial charge is 0.0475 e. The summed E-state index contributed by atoms with van der Waals surface area (Å²) in [6, 6.07) is 9.77. The molecule has 20 heavy (non-hydrogen) atoms. The third-order valence-electron chi connectivity index (χ3n) is 3.76. The second-order valence-corrected chi connectivity index (χ2v) is 7.16. The topological polar surface area (TPSA) is 15.3 Å². The van der Waals surface area contributed by atoms with Gasteiger partial charge in [0.15, 0.2) is 0 Å². The van der Waals surface area contributed by atoms with Crippen molar-refractivity contribution in [1.29, 1.82) is 0 Å². The number of likely N-dealkylation sites (N-methyl/N-ethyl adjacent to an activating group) is 2. The Bertz CT molecular complexity index is 389. The van der Waals surface area contributed by atoms with Crippen LogP contribution in [0.4, 0.5) is 0 Å². The van der Waals surface area contributed by atoms with Crippen LogP contribution in [-0.4, -0.2) is 31.1 Å². The standard InChI is InChI=1S/C18H32N2/c1-8-19-17(16-11-9-14(2)10-12-16)15(3)20(7)13-18(4,5)6/h9-12,15,17,19H,8,13H2,1-7H3. The van der Waals surface area contributed by atoms with E-state index in [-0.39, 0.29) is 0 Å². The average Bonchev–Trinajstić information content (AvgIpc) is 2.34. The molecule has 0 heterocycles. The highest BCUT2D eigenvalue weighted by Gasteiger charge is 2.24. The summed E-state index contributed by atoms with van der Waals surface area (Å²) < 4.78 is 0. The molecule has 0 saturated carbocycles. The van der Waals surface area contributed by atoms with Crippen LogP contribution < -0.4 is 5.32 Å². The maximum Gasteiger partial charge on any atom is 0.0475 e. The van der Waals surface area contributed by atoms with Crippen molar-refractivity contribution in [3.63, 3.8) is 0 Å². The second-order valence-electron chi connectivity index (χ2n) is 7.16. The number of aryl methyl sites for hydroxylation is 1. The SMILES string of the molecule is CCNC(c1ccc(C)cc1)C(C)N(C)CC(C)(C)C. The van der Waals surface area contributed by atoms with Crippen molar-refractivity contribution >= 4 is 0 Å². The first-order valence-electron chi connectivity index (χ1n) is 7.75. The molecule has 0 spiro atoms. The lowest BCUT2D eigenvalue weighted by atomic mass is 9.93. The molecule has 0 aliphatic heterocycles. The molecule has 2 unspecified atom stereocenters. The van der Waals surface area contributed by atoms with Gasteiger partial charge in [0, 0.05) is 18.6 Å². The lowest BCUT2D eigenvalue weighted by molar-refractivity contribution is 0.152. The van der Waals surface area contributed by atoms with Crippen LogP contribution in [0.25, 0.3) is 0 Å². The Morgan fingerprint density at radius 2 is 1.70 bits per heavy atom. The Hall–Kier alpha value is -0.860. The fourth-order valence-electron chi connectivity index (χ4n) is 2.71. The molecule has 2 heteroatoms. The molecule has 1 aromatic carbocycles. The minimum atomic E-state index is 0.326. The van der Waals surface area contributed by atoms with E-state index in [0.29, 0.717) is 17.5 Å². The predicted octanol–water partition coefficient (Wildman–Crippen LogP) is 4.01. The summed E-state index contributed by atoms with van der Waals surface area (Å²) in [5.41, 5.74) is 3.03. The molecule has 0 amide bonds. The van der Waals surface area contributed by atoms with E-state index in [1.807, 2.05) is 0 Å². The normalized spacial score (nSPS) is 15.4. The van der Waals surface area contributed by atoms with Crippen LogP contribution in [0, 0.1) is 12.3 Å². The molecule has 0 radical (unpaired) electrons. The Kier molecular flexibility index (Phi) is 6.22. The van der Waals surface area contributed by atoms with E-state index in [1.165, 1.54) is 11.1 Å². The number of rotatable bonds is 6. The van der Waals surface area contributed by atoms with Gasteiger partial charge in [-0.2, -0.15) is 0 Å². The molecule has 1 N–H and O–H groups in total. The Labute approximate surface area is 125 Å². The zero-order chi connectivity index (χ0) is 15.3. The summed E-state index contributed by atoms with van der Waals surface area (Å²) in [5, 5.41) is 3.64. The zero-order valence-electron chi connectivity index (χ0n) is 14.3. The molecule has 0 saturated heterocycles. The third-order valence-corrected chi connectivity index (χ3v) is 3.76. The van der Waals surface area contributed by atoms with Crippen molar-refractivity contribution in [2.24, 2.45) is 5.41 Å². The van der Waals surface area contributed by atoms with Crippen molar-refractivity contribution in [2.75, 3.05) is 20.1 Å². The highest BCUT2D eigenvalue weighted by atomic mass is 15.2. The fraction of sp³-hybridized carbons (Fsp3) is 0.667. The number of hydrogen-bond acceptors (Lipinski definition) is 2. The van der Waals surface area contributed by atoms with E-state index in [2.05, 4.69) is 83.1 Å². The summed E-state index contributed by atoms with van der Waals surface area (Å²) in [7, 11) is 2.23. The van der Waals surface area contributed by atoms with Crippen LogP contribution in [0.15, 0.2) is 24.3 Å². The van der Waals surface area contributed by atoms with Gasteiger partial charge in [-0.1, -0.05) is 57.5 Å². The van der Waals surface area contributed by atoms with E-state index in [1.54, 1.807) is 0 Å². The molecular weight excluding hydrogens is 244 g/mol. The summed E-state index contributed by atoms with van der Waals surface area (Å²) in [4.78, 5) is 2.47. The Morgan fingerprint density at radius 3 is 2.15 bits per heavy atom. The first-order chi connectivity index (χ1) is 9.24. The van der Waals surface area contributed by atoms with Gasteiger partial charge >= 0.3 is 0 Å². The molecule has 0 aliphatic carbocycles. The van der Waals surface area contributed by atoms with Crippen LogP contribution in [-0.2, 0) is 0 Å². The van der Waals surface area contributed by atoms with Crippen LogP contribution in [0.5, 0.6) is 0 Å². The Morgan fingerprint density at radius 1 is 1.15 bits per heavy atom. The Balaban J connectivity index is 2.86. The number of nitrogens with one attached hydrogen (secondary N) is 1. The molecule has 114 valence electrons. The number of hydrogen-bond donors (Lipinski definition) is 1. The lowest BCUT2D eigenvalue weighted by Crippen LogP contribution is -2.44. The van der Waals surface area contributed by atoms with E-state index < -0.39 is 0 Å². The van der Waals surface area contributed by atoms with Crippen molar-refractivity contribution in [3.05, 3.63) is 35.4 Å². The van der Waals surface area contributed by atoms with Gasteiger partial charge < -0.3 is 10.2 Å². The summed E-state index contributed by atoms with van der Waals surface area (Å²) in [6.07, 6.45) is 0. The molecular formula is C18H32N2. The van der Waals surface area contributed by atoms with Gasteiger partial charge in [0.1, 0.15) is 0 Å². The maximum atomic E-state index is 3.64. The van der Waals surface area contributed by atoms with Crippen molar-refractivity contribution in [1.82, 2.24) is 10.2 Å². The lowest BCUT2D eigenvalue weighted by Gasteiger charge is -2.36. The highest BCUT2D eigenvalue weighted by Crippen LogP contribution is 2.24. The van der Waals surface area contributed by atoms with Crippen LogP contribution in [0.2, 0.25) is 0 Å². The largest absolute Gasteiger partial charge is 0.309 e. The van der Waals surface area contributed by atoms with E-state index in [0.717, 1.165) is 13.1 Å². The van der Waals surface area contributed by atoms with Crippen molar-refractivity contribution in [3.8, 4) is 0 Å². The van der Waals surface area contributed by atoms with Gasteiger partial charge in [0.05, 0.1) is 0 Å². The maximum absolute atomic E-state index is 3.64. The van der Waals surface area contributed by atoms with Crippen LogP contribution in [0.1, 0.15) is 51.8 Å². The number of benzene rings is 1. The van der Waals surface area contributed by atoms with E-state index >= 15 is 0 Å². The molecule has 0 aliphatic rings. The zero-order valence-corrected chi connectivity index (χ0v) is 14.3. The number of nitrogens with zero attached hydrogens (tertiary/aromatic N) is 1. The fourth-order valence-corrected chi connectivity index (χ4v) is 2.71. The minimum absolute atomic E-state index is 0.326. The first-order valence-corrected chi connectivity index (χ1v) is 7.75. The monoisotopic (exact) mass is 276 g/mol. The average molecular weight is 276 g/mol. The molecule has 2 nitrogen and oxygen atoms in total. The predicted molar refractivity (Wildman–Crippen MR) is 89.1 cm³/mol. The molecule has 1 aromatic rings. The summed E-state index contributed by atoms with van der Waals surface area (Å²) in [6.45, 7) is 15.6. The molecule has 1 rings (SSSR count). The van der Waals surface area contributed by atoms with E-state index in [4.69, 9.17) is 0 Å². The molecule has 2 atom stereocenters. The molecule has 0 bridgehead atoms. The highest BCUT2D eigenvalue weighted by molar-refractivity contribution is 5.25. The van der Waals surface area contributed by atoms with Gasteiger partial charge in [-0.15, -0.1) is 0 Å². The first kappa shape index (κ1) is 17.2. The molecule has 0 aromatic heterocycles. The van der Waals surface area contributed by atoms with Gasteiger partial charge in [-0.05, 0) is 38.4 Å². The summed E-state index contributed by atoms with van der Waals surface area (Å²) >= 11 is 0. The molecule has 0 fully saturated rings. The quantitative estimate of drug-likeness (QED) is 0.844. The van der Waals surface area contributed by atoms with Crippen LogP contribution >= 0.6 is 0 Å². The van der Waals surface area contributed by atoms with Gasteiger partial charge in [0.2, 0.25) is 0 Å². The van der Waals surface area contributed by atoms with E-state index in [9.17, 15) is 0 Å². The second kappa shape index (κ2) is 7.24. The van der Waals surface area contributed by atoms with Gasteiger partial charge in [-0.3, -0.25) is 0 Å². The van der Waals surface area contributed by atoms with Crippen LogP contribution in [0.3, 0.4) is 0 Å². The van der Waals surface area contributed by atoms with Crippen molar-refractivity contribution < 1.29 is 0 Å². The summed E-state index contributed by atoms with van der Waals surface area (Å²) in [5.74, 6) is 0.